The molecule has 1 rings (SSSR count). The molecule has 4 nitrogen and oxygen atoms in total. The fourth-order valence-corrected chi connectivity index (χ4v) is 0.994. The van der Waals surface area contributed by atoms with Crippen LogP contribution < -0.4 is 10.6 Å². The van der Waals surface area contributed by atoms with Gasteiger partial charge in [-0.15, -0.1) is 0 Å². The number of nitrogens with one attached hydrogen (secondary N) is 2. The maximum absolute atomic E-state index is 11.4. The van der Waals surface area contributed by atoms with E-state index < -0.39 is 11.1 Å². The Bertz CT molecular complexity index is 217. The highest BCUT2D eigenvalue weighted by Gasteiger charge is 2.43. The summed E-state index contributed by atoms with van der Waals surface area (Å²) in [4.78, 5) is 22.7. The molecule has 0 atom stereocenters. The summed E-state index contributed by atoms with van der Waals surface area (Å²) < 4.78 is 0. The molecule has 12 heavy (non-hydrogen) atoms. The summed E-state index contributed by atoms with van der Waals surface area (Å²) in [6.45, 7) is 6.70. The second kappa shape index (κ2) is 2.21. The number of piperazine rings is 1. The molecule has 1 fully saturated rings. The molecule has 0 bridgehead atoms. The SMILES string of the molecule is CC1(C)NC(=O)C(C)(C)NC1=O. The highest BCUT2D eigenvalue weighted by molar-refractivity contribution is 6.01. The lowest BCUT2D eigenvalue weighted by atomic mass is 9.93. The molecular formula is C8H14N2O2. The third-order valence-corrected chi connectivity index (χ3v) is 1.99. The molecule has 4 heteroatoms. The van der Waals surface area contributed by atoms with Crippen molar-refractivity contribution in [3.63, 3.8) is 0 Å². The molecule has 0 aromatic rings. The number of rotatable bonds is 0. The second-order valence-electron chi connectivity index (χ2n) is 4.16. The van der Waals surface area contributed by atoms with Crippen LogP contribution in [0.4, 0.5) is 0 Å². The monoisotopic (exact) mass is 170 g/mol. The molecule has 0 radical (unpaired) electrons. The van der Waals surface area contributed by atoms with Gasteiger partial charge in [0.1, 0.15) is 11.1 Å². The van der Waals surface area contributed by atoms with E-state index in [1.165, 1.54) is 0 Å². The lowest BCUT2D eigenvalue weighted by Gasteiger charge is -2.39. The predicted octanol–water partition coefficient (Wildman–Crippen LogP) is -0.210. The first-order valence-electron chi connectivity index (χ1n) is 3.91. The number of carbonyl (C=O) groups is 2. The molecule has 0 aromatic heterocycles. The molecule has 0 spiro atoms. The summed E-state index contributed by atoms with van der Waals surface area (Å²) >= 11 is 0. The van der Waals surface area contributed by atoms with Gasteiger partial charge >= 0.3 is 0 Å². The van der Waals surface area contributed by atoms with Crippen LogP contribution in [0.25, 0.3) is 0 Å². The molecule has 0 aliphatic carbocycles. The zero-order chi connectivity index (χ0) is 9.57. The smallest absolute Gasteiger partial charge is 0.246 e. The Labute approximate surface area is 71.7 Å². The lowest BCUT2D eigenvalue weighted by molar-refractivity contribution is -0.143. The van der Waals surface area contributed by atoms with Crippen molar-refractivity contribution in [3.05, 3.63) is 0 Å². The van der Waals surface area contributed by atoms with E-state index in [1.54, 1.807) is 27.7 Å². The minimum Gasteiger partial charge on any atom is -0.340 e. The minimum absolute atomic E-state index is 0.146. The third-order valence-electron chi connectivity index (χ3n) is 1.99. The molecule has 2 N–H and O–H groups in total. The van der Waals surface area contributed by atoms with Gasteiger partial charge in [0.2, 0.25) is 11.8 Å². The first-order valence-corrected chi connectivity index (χ1v) is 3.91. The summed E-state index contributed by atoms with van der Waals surface area (Å²) in [7, 11) is 0. The van der Waals surface area contributed by atoms with Crippen molar-refractivity contribution in [2.45, 2.75) is 38.8 Å². The predicted molar refractivity (Wildman–Crippen MR) is 44.4 cm³/mol. The van der Waals surface area contributed by atoms with E-state index in [1.807, 2.05) is 0 Å². The molecule has 2 amide bonds. The van der Waals surface area contributed by atoms with Gasteiger partial charge in [0.15, 0.2) is 0 Å². The van der Waals surface area contributed by atoms with Gasteiger partial charge in [-0.1, -0.05) is 0 Å². The average molecular weight is 170 g/mol. The highest BCUT2D eigenvalue weighted by atomic mass is 16.2. The zero-order valence-corrected chi connectivity index (χ0v) is 7.82. The summed E-state index contributed by atoms with van der Waals surface area (Å²) in [5.74, 6) is -0.292. The zero-order valence-electron chi connectivity index (χ0n) is 7.82. The van der Waals surface area contributed by atoms with E-state index in [4.69, 9.17) is 0 Å². The number of hydrogen-bond acceptors (Lipinski definition) is 2. The van der Waals surface area contributed by atoms with Crippen molar-refractivity contribution < 1.29 is 9.59 Å². The van der Waals surface area contributed by atoms with Crippen LogP contribution in [0.1, 0.15) is 27.7 Å². The quantitative estimate of drug-likeness (QED) is 0.528. The van der Waals surface area contributed by atoms with Crippen molar-refractivity contribution in [2.75, 3.05) is 0 Å². The summed E-state index contributed by atoms with van der Waals surface area (Å²) in [6, 6.07) is 0. The summed E-state index contributed by atoms with van der Waals surface area (Å²) in [5.41, 5.74) is -1.57. The van der Waals surface area contributed by atoms with E-state index in [-0.39, 0.29) is 11.8 Å². The van der Waals surface area contributed by atoms with Gasteiger partial charge in [0, 0.05) is 0 Å². The average Bonchev–Trinajstić information content (AvgIpc) is 1.82. The Morgan fingerprint density at radius 2 is 1.08 bits per heavy atom. The van der Waals surface area contributed by atoms with E-state index in [0.29, 0.717) is 0 Å². The van der Waals surface area contributed by atoms with Crippen molar-refractivity contribution >= 4 is 11.8 Å². The van der Waals surface area contributed by atoms with Gasteiger partial charge in [-0.05, 0) is 27.7 Å². The third kappa shape index (κ3) is 1.29. The van der Waals surface area contributed by atoms with Crippen molar-refractivity contribution in [1.29, 1.82) is 0 Å². The molecule has 68 valence electrons. The largest absolute Gasteiger partial charge is 0.340 e. The van der Waals surface area contributed by atoms with Crippen LogP contribution in [0.2, 0.25) is 0 Å². The van der Waals surface area contributed by atoms with Gasteiger partial charge in [-0.2, -0.15) is 0 Å². The Kier molecular flexibility index (Phi) is 1.67. The van der Waals surface area contributed by atoms with E-state index in [0.717, 1.165) is 0 Å². The molecule has 0 unspecified atom stereocenters. The molecule has 0 saturated carbocycles. The fourth-order valence-electron chi connectivity index (χ4n) is 0.994. The summed E-state index contributed by atoms with van der Waals surface area (Å²) in [5, 5.41) is 5.29. The lowest BCUT2D eigenvalue weighted by Crippen LogP contribution is -2.71. The van der Waals surface area contributed by atoms with Crippen molar-refractivity contribution in [3.8, 4) is 0 Å². The maximum Gasteiger partial charge on any atom is 0.246 e. The second-order valence-corrected chi connectivity index (χ2v) is 4.16. The molecule has 1 heterocycles. The molecule has 0 aromatic carbocycles. The highest BCUT2D eigenvalue weighted by Crippen LogP contribution is 2.14. The van der Waals surface area contributed by atoms with Crippen LogP contribution in [0.3, 0.4) is 0 Å². The van der Waals surface area contributed by atoms with Crippen LogP contribution >= 0.6 is 0 Å². The normalized spacial score (nSPS) is 26.0. The molecular weight excluding hydrogens is 156 g/mol. The minimum atomic E-state index is -0.785. The molecule has 1 aliphatic heterocycles. The van der Waals surface area contributed by atoms with Crippen molar-refractivity contribution in [1.82, 2.24) is 10.6 Å². The topological polar surface area (TPSA) is 58.2 Å². The van der Waals surface area contributed by atoms with Crippen LogP contribution in [0.5, 0.6) is 0 Å². The van der Waals surface area contributed by atoms with Gasteiger partial charge in [-0.3, -0.25) is 9.59 Å². The first-order chi connectivity index (χ1) is 5.26. The van der Waals surface area contributed by atoms with E-state index in [9.17, 15) is 9.59 Å². The van der Waals surface area contributed by atoms with Gasteiger partial charge in [0.25, 0.3) is 0 Å². The molecule has 1 aliphatic rings. The number of amides is 2. The van der Waals surface area contributed by atoms with Gasteiger partial charge < -0.3 is 10.6 Å². The van der Waals surface area contributed by atoms with Gasteiger partial charge in [-0.25, -0.2) is 0 Å². The Morgan fingerprint density at radius 1 is 0.833 bits per heavy atom. The van der Waals surface area contributed by atoms with Crippen molar-refractivity contribution in [2.24, 2.45) is 0 Å². The first kappa shape index (κ1) is 9.03. The maximum atomic E-state index is 11.4. The standard InChI is InChI=1S/C8H14N2O2/c1-7(2)5(11)10-8(3,4)6(12)9-7/h1-4H3,(H,9,12)(H,10,11). The van der Waals surface area contributed by atoms with E-state index >= 15 is 0 Å². The summed E-state index contributed by atoms with van der Waals surface area (Å²) in [6.07, 6.45) is 0. The Morgan fingerprint density at radius 3 is 1.33 bits per heavy atom. The fraction of sp³-hybridized carbons (Fsp3) is 0.750. The molecule has 1 saturated heterocycles. The Hall–Kier alpha value is -1.06. The van der Waals surface area contributed by atoms with Crippen LogP contribution in [0, 0.1) is 0 Å². The Balaban J connectivity index is 2.91. The van der Waals surface area contributed by atoms with Crippen LogP contribution in [0.15, 0.2) is 0 Å². The van der Waals surface area contributed by atoms with Crippen LogP contribution in [-0.2, 0) is 9.59 Å². The number of carbonyl (C=O) groups excluding carboxylic acids is 2. The van der Waals surface area contributed by atoms with E-state index in [2.05, 4.69) is 10.6 Å². The van der Waals surface area contributed by atoms with Gasteiger partial charge in [0.05, 0.1) is 0 Å². The van der Waals surface area contributed by atoms with Crippen LogP contribution in [-0.4, -0.2) is 22.9 Å². The number of hydrogen-bond donors (Lipinski definition) is 2.